The van der Waals surface area contributed by atoms with Crippen molar-refractivity contribution in [2.75, 3.05) is 13.7 Å². The number of rotatable bonds is 5. The molecule has 0 saturated carbocycles. The summed E-state index contributed by atoms with van der Waals surface area (Å²) >= 11 is 0. The van der Waals surface area contributed by atoms with Gasteiger partial charge in [0.25, 0.3) is 0 Å². The molecule has 2 N–H and O–H groups in total. The van der Waals surface area contributed by atoms with Crippen molar-refractivity contribution < 1.29 is 4.74 Å². The number of hydrogen-bond donors (Lipinski definition) is 1. The lowest BCUT2D eigenvalue weighted by Crippen LogP contribution is -2.19. The first kappa shape index (κ1) is 12.1. The Bertz CT molecular complexity index is 313. The van der Waals surface area contributed by atoms with E-state index in [-0.39, 0.29) is 6.04 Å². The zero-order valence-electron chi connectivity index (χ0n) is 9.66. The summed E-state index contributed by atoms with van der Waals surface area (Å²) in [7, 11) is 1.68. The molecular weight excluding hydrogens is 190 g/mol. The largest absolute Gasteiger partial charge is 0.384 e. The Balaban J connectivity index is 2.75. The van der Waals surface area contributed by atoms with Crippen molar-refractivity contribution in [1.82, 2.24) is 9.97 Å². The molecule has 0 spiro atoms. The van der Waals surface area contributed by atoms with Gasteiger partial charge in [-0.25, -0.2) is 9.97 Å². The van der Waals surface area contributed by atoms with Gasteiger partial charge in [-0.15, -0.1) is 0 Å². The van der Waals surface area contributed by atoms with Gasteiger partial charge in [0, 0.05) is 37.4 Å². The van der Waals surface area contributed by atoms with Crippen molar-refractivity contribution in [2.45, 2.75) is 32.7 Å². The molecule has 1 unspecified atom stereocenters. The summed E-state index contributed by atoms with van der Waals surface area (Å²) in [5.41, 5.74) is 7.75. The van der Waals surface area contributed by atoms with Crippen LogP contribution in [0.25, 0.3) is 0 Å². The molecular formula is C11H19N3O. The summed E-state index contributed by atoms with van der Waals surface area (Å²) in [6.45, 7) is 4.61. The van der Waals surface area contributed by atoms with Crippen molar-refractivity contribution in [2.24, 2.45) is 5.73 Å². The number of nitrogens with zero attached hydrogens (tertiary/aromatic N) is 2. The third-order valence-electron chi connectivity index (χ3n) is 2.01. The zero-order chi connectivity index (χ0) is 11.3. The number of aryl methyl sites for hydroxylation is 1. The first-order valence-electron chi connectivity index (χ1n) is 5.19. The fraction of sp³-hybridized carbons (Fsp3) is 0.636. The molecule has 0 aliphatic carbocycles. The minimum Gasteiger partial charge on any atom is -0.384 e. The van der Waals surface area contributed by atoms with Gasteiger partial charge in [-0.05, 0) is 19.9 Å². The van der Waals surface area contributed by atoms with Crippen LogP contribution in [-0.2, 0) is 17.6 Å². The highest BCUT2D eigenvalue weighted by atomic mass is 16.5. The molecule has 1 aromatic heterocycles. The first-order valence-corrected chi connectivity index (χ1v) is 5.19. The van der Waals surface area contributed by atoms with Gasteiger partial charge < -0.3 is 10.5 Å². The molecule has 0 aliphatic heterocycles. The predicted octanol–water partition coefficient (Wildman–Crippen LogP) is 0.864. The second-order valence-corrected chi connectivity index (χ2v) is 3.84. The van der Waals surface area contributed by atoms with Gasteiger partial charge in [-0.1, -0.05) is 0 Å². The second-order valence-electron chi connectivity index (χ2n) is 3.84. The van der Waals surface area contributed by atoms with Crippen LogP contribution in [0.2, 0.25) is 0 Å². The number of hydrogen-bond acceptors (Lipinski definition) is 4. The number of ether oxygens (including phenoxy) is 1. The summed E-state index contributed by atoms with van der Waals surface area (Å²) < 4.78 is 5.00. The molecule has 0 saturated heterocycles. The summed E-state index contributed by atoms with van der Waals surface area (Å²) in [4.78, 5) is 8.79. The second kappa shape index (κ2) is 5.78. The van der Waals surface area contributed by atoms with E-state index in [0.29, 0.717) is 6.61 Å². The molecule has 0 bridgehead atoms. The lowest BCUT2D eigenvalue weighted by molar-refractivity contribution is 0.200. The third-order valence-corrected chi connectivity index (χ3v) is 2.01. The fourth-order valence-corrected chi connectivity index (χ4v) is 1.44. The summed E-state index contributed by atoms with van der Waals surface area (Å²) in [6, 6.07) is 2.12. The Labute approximate surface area is 90.9 Å². The lowest BCUT2D eigenvalue weighted by Gasteiger charge is -2.07. The van der Waals surface area contributed by atoms with E-state index in [0.717, 1.165) is 30.1 Å². The van der Waals surface area contributed by atoms with E-state index in [1.54, 1.807) is 7.11 Å². The quantitative estimate of drug-likeness (QED) is 0.781. The molecule has 15 heavy (non-hydrogen) atoms. The molecule has 4 nitrogen and oxygen atoms in total. The average Bonchev–Trinajstić information content (AvgIpc) is 2.12. The highest BCUT2D eigenvalue weighted by Crippen LogP contribution is 2.04. The van der Waals surface area contributed by atoms with Crippen LogP contribution in [0, 0.1) is 6.92 Å². The van der Waals surface area contributed by atoms with Crippen molar-refractivity contribution in [3.05, 3.63) is 23.3 Å². The monoisotopic (exact) mass is 209 g/mol. The molecule has 84 valence electrons. The van der Waals surface area contributed by atoms with Gasteiger partial charge in [0.05, 0.1) is 6.61 Å². The van der Waals surface area contributed by atoms with Crippen LogP contribution in [0.5, 0.6) is 0 Å². The maximum absolute atomic E-state index is 5.74. The molecule has 0 radical (unpaired) electrons. The minimum atomic E-state index is 0.134. The third kappa shape index (κ3) is 4.36. The van der Waals surface area contributed by atoms with Crippen LogP contribution in [0.3, 0.4) is 0 Å². The van der Waals surface area contributed by atoms with E-state index in [1.165, 1.54) is 0 Å². The SMILES string of the molecule is COCCc1nc(C)cc(CC(C)N)n1. The van der Waals surface area contributed by atoms with E-state index < -0.39 is 0 Å². The highest BCUT2D eigenvalue weighted by Gasteiger charge is 2.04. The molecule has 0 fully saturated rings. The zero-order valence-corrected chi connectivity index (χ0v) is 9.66. The number of aromatic nitrogens is 2. The van der Waals surface area contributed by atoms with Gasteiger partial charge in [0.2, 0.25) is 0 Å². The number of methoxy groups -OCH3 is 1. The van der Waals surface area contributed by atoms with Gasteiger partial charge in [-0.2, -0.15) is 0 Å². The summed E-state index contributed by atoms with van der Waals surface area (Å²) in [6.07, 6.45) is 1.55. The average molecular weight is 209 g/mol. The highest BCUT2D eigenvalue weighted by molar-refractivity contribution is 5.11. The summed E-state index contributed by atoms with van der Waals surface area (Å²) in [5, 5.41) is 0. The van der Waals surface area contributed by atoms with E-state index in [2.05, 4.69) is 9.97 Å². The maximum atomic E-state index is 5.74. The van der Waals surface area contributed by atoms with E-state index in [9.17, 15) is 0 Å². The Morgan fingerprint density at radius 2 is 2.20 bits per heavy atom. The molecule has 1 heterocycles. The Morgan fingerprint density at radius 1 is 1.47 bits per heavy atom. The van der Waals surface area contributed by atoms with Crippen LogP contribution in [0.4, 0.5) is 0 Å². The normalized spacial score (nSPS) is 12.8. The van der Waals surface area contributed by atoms with Crippen molar-refractivity contribution >= 4 is 0 Å². The van der Waals surface area contributed by atoms with Crippen LogP contribution in [0.1, 0.15) is 24.1 Å². The van der Waals surface area contributed by atoms with Gasteiger partial charge >= 0.3 is 0 Å². The van der Waals surface area contributed by atoms with E-state index in [1.807, 2.05) is 19.9 Å². The predicted molar refractivity (Wildman–Crippen MR) is 59.7 cm³/mol. The standard InChI is InChI=1S/C11H19N3O/c1-8(12)6-10-7-9(2)13-11(14-10)4-5-15-3/h7-8H,4-6,12H2,1-3H3. The van der Waals surface area contributed by atoms with Crippen molar-refractivity contribution in [3.8, 4) is 0 Å². The summed E-state index contributed by atoms with van der Waals surface area (Å²) in [5.74, 6) is 0.840. The first-order chi connectivity index (χ1) is 7.11. The smallest absolute Gasteiger partial charge is 0.131 e. The molecule has 1 rings (SSSR count). The van der Waals surface area contributed by atoms with Crippen LogP contribution in [-0.4, -0.2) is 29.7 Å². The number of nitrogens with two attached hydrogens (primary N) is 1. The molecule has 0 aliphatic rings. The Morgan fingerprint density at radius 3 is 2.80 bits per heavy atom. The van der Waals surface area contributed by atoms with Crippen molar-refractivity contribution in [3.63, 3.8) is 0 Å². The van der Waals surface area contributed by atoms with Crippen LogP contribution < -0.4 is 5.73 Å². The van der Waals surface area contributed by atoms with E-state index >= 15 is 0 Å². The van der Waals surface area contributed by atoms with Gasteiger partial charge in [0.15, 0.2) is 0 Å². The van der Waals surface area contributed by atoms with Crippen LogP contribution >= 0.6 is 0 Å². The molecule has 1 aromatic rings. The molecule has 1 atom stereocenters. The minimum absolute atomic E-state index is 0.134. The van der Waals surface area contributed by atoms with E-state index in [4.69, 9.17) is 10.5 Å². The lowest BCUT2D eigenvalue weighted by atomic mass is 10.1. The molecule has 0 aromatic carbocycles. The molecule has 4 heteroatoms. The van der Waals surface area contributed by atoms with Gasteiger partial charge in [-0.3, -0.25) is 0 Å². The molecule has 0 amide bonds. The fourth-order valence-electron chi connectivity index (χ4n) is 1.44. The topological polar surface area (TPSA) is 61.0 Å². The van der Waals surface area contributed by atoms with Gasteiger partial charge in [0.1, 0.15) is 5.82 Å². The van der Waals surface area contributed by atoms with Crippen LogP contribution in [0.15, 0.2) is 6.07 Å². The Hall–Kier alpha value is -1.00. The maximum Gasteiger partial charge on any atom is 0.131 e. The van der Waals surface area contributed by atoms with Crippen molar-refractivity contribution in [1.29, 1.82) is 0 Å². The Kier molecular flexibility index (Phi) is 4.65.